The van der Waals surface area contributed by atoms with Crippen LogP contribution in [-0.4, -0.2) is 12.6 Å². The zero-order valence-electron chi connectivity index (χ0n) is 7.01. The predicted molar refractivity (Wildman–Crippen MR) is 42.8 cm³/mol. The van der Waals surface area contributed by atoms with E-state index in [1.807, 2.05) is 0 Å². The number of carbonyl (C=O) groups excluding carboxylic acids is 1. The number of rotatable bonds is 4. The van der Waals surface area contributed by atoms with Gasteiger partial charge in [0, 0.05) is 0 Å². The minimum Gasteiger partial charge on any atom is -0.454 e. The van der Waals surface area contributed by atoms with E-state index in [0.717, 1.165) is 6.42 Å². The molecule has 2 heteroatoms. The van der Waals surface area contributed by atoms with Gasteiger partial charge in [-0.1, -0.05) is 19.8 Å². The second kappa shape index (κ2) is 4.37. The molecule has 11 heavy (non-hydrogen) atoms. The van der Waals surface area contributed by atoms with Gasteiger partial charge in [0.25, 0.3) is 0 Å². The molecule has 0 heterocycles. The minimum atomic E-state index is 0.134. The Labute approximate surface area is 67.9 Å². The van der Waals surface area contributed by atoms with Gasteiger partial charge in [0.2, 0.25) is 0 Å². The molecule has 0 spiro atoms. The largest absolute Gasteiger partial charge is 0.454 e. The summed E-state index contributed by atoms with van der Waals surface area (Å²) >= 11 is 0. The van der Waals surface area contributed by atoms with Gasteiger partial charge in [0.15, 0.2) is 0 Å². The first kappa shape index (κ1) is 8.57. The first-order valence-electron chi connectivity index (χ1n) is 4.41. The highest BCUT2D eigenvalue weighted by atomic mass is 16.5. The molecular weight excluding hydrogens is 140 g/mol. The van der Waals surface area contributed by atoms with Crippen molar-refractivity contribution in [3.8, 4) is 0 Å². The molecule has 0 N–H and O–H groups in total. The molecule has 0 bridgehead atoms. The first-order valence-corrected chi connectivity index (χ1v) is 4.41. The van der Waals surface area contributed by atoms with E-state index >= 15 is 0 Å². The van der Waals surface area contributed by atoms with E-state index in [-0.39, 0.29) is 6.10 Å². The Balaban J connectivity index is 2.33. The molecule has 0 aromatic rings. The van der Waals surface area contributed by atoms with E-state index < -0.39 is 0 Å². The van der Waals surface area contributed by atoms with Crippen LogP contribution in [0.4, 0.5) is 0 Å². The molecule has 0 aromatic carbocycles. The molecular formula is C9H15O2. The van der Waals surface area contributed by atoms with Crippen molar-refractivity contribution in [2.24, 2.45) is 5.92 Å². The highest BCUT2D eigenvalue weighted by Gasteiger charge is 2.24. The molecule has 0 amide bonds. The van der Waals surface area contributed by atoms with Gasteiger partial charge < -0.3 is 4.74 Å². The summed E-state index contributed by atoms with van der Waals surface area (Å²) < 4.78 is 4.87. The van der Waals surface area contributed by atoms with Crippen molar-refractivity contribution in [1.29, 1.82) is 0 Å². The summed E-state index contributed by atoms with van der Waals surface area (Å²) in [6.07, 6.45) is 6.10. The third-order valence-corrected chi connectivity index (χ3v) is 2.53. The number of ether oxygens (including phenoxy) is 1. The summed E-state index contributed by atoms with van der Waals surface area (Å²) in [5.74, 6) is 0.612. The van der Waals surface area contributed by atoms with Crippen LogP contribution in [0.3, 0.4) is 0 Å². The molecule has 1 unspecified atom stereocenters. The fourth-order valence-electron chi connectivity index (χ4n) is 1.90. The summed E-state index contributed by atoms with van der Waals surface area (Å²) in [7, 11) is 0. The molecule has 63 valence electrons. The molecule has 0 saturated heterocycles. The molecule has 1 fully saturated rings. The highest BCUT2D eigenvalue weighted by molar-refractivity contribution is 5.38. The van der Waals surface area contributed by atoms with Crippen molar-refractivity contribution in [1.82, 2.24) is 0 Å². The average Bonchev–Trinajstić information content (AvgIpc) is 2.52. The van der Waals surface area contributed by atoms with Crippen LogP contribution in [0.1, 0.15) is 39.0 Å². The van der Waals surface area contributed by atoms with Crippen molar-refractivity contribution < 1.29 is 9.53 Å². The van der Waals surface area contributed by atoms with Gasteiger partial charge in [0.05, 0.1) is 0 Å². The first-order chi connectivity index (χ1) is 5.38. The smallest absolute Gasteiger partial charge is 0.417 e. The Morgan fingerprint density at radius 3 is 2.64 bits per heavy atom. The fourth-order valence-corrected chi connectivity index (χ4v) is 1.90. The van der Waals surface area contributed by atoms with Crippen LogP contribution in [0, 0.1) is 5.92 Å². The molecule has 2 nitrogen and oxygen atoms in total. The Hall–Kier alpha value is -0.530. The summed E-state index contributed by atoms with van der Waals surface area (Å²) in [5.41, 5.74) is 0. The summed E-state index contributed by atoms with van der Waals surface area (Å²) in [6, 6.07) is 0. The lowest BCUT2D eigenvalue weighted by Crippen LogP contribution is -2.20. The van der Waals surface area contributed by atoms with Crippen molar-refractivity contribution in [3.63, 3.8) is 0 Å². The van der Waals surface area contributed by atoms with E-state index in [1.54, 1.807) is 6.47 Å². The lowest BCUT2D eigenvalue weighted by Gasteiger charge is -2.18. The van der Waals surface area contributed by atoms with E-state index in [2.05, 4.69) is 6.92 Å². The van der Waals surface area contributed by atoms with Gasteiger partial charge in [0.1, 0.15) is 6.10 Å². The Bertz CT molecular complexity index is 117. The van der Waals surface area contributed by atoms with Crippen LogP contribution in [0.2, 0.25) is 0 Å². The molecule has 0 aromatic heterocycles. The molecule has 1 radical (unpaired) electrons. The minimum absolute atomic E-state index is 0.134. The van der Waals surface area contributed by atoms with E-state index in [0.29, 0.717) is 5.92 Å². The van der Waals surface area contributed by atoms with E-state index in [4.69, 9.17) is 4.74 Å². The van der Waals surface area contributed by atoms with E-state index in [9.17, 15) is 4.79 Å². The number of hydrogen-bond acceptors (Lipinski definition) is 2. The van der Waals surface area contributed by atoms with Crippen molar-refractivity contribution in [3.05, 3.63) is 0 Å². The third kappa shape index (κ3) is 2.21. The van der Waals surface area contributed by atoms with Gasteiger partial charge >= 0.3 is 6.47 Å². The van der Waals surface area contributed by atoms with Crippen molar-refractivity contribution in [2.75, 3.05) is 0 Å². The second-order valence-corrected chi connectivity index (χ2v) is 3.19. The van der Waals surface area contributed by atoms with Crippen LogP contribution in [0.15, 0.2) is 0 Å². The molecule has 0 aliphatic heterocycles. The standard InChI is InChI=1S/C9H15O2/c1-2-9(11-7-10)8-5-3-4-6-8/h8-9H,2-6H2,1H3. The monoisotopic (exact) mass is 155 g/mol. The molecule has 1 aliphatic carbocycles. The summed E-state index contributed by atoms with van der Waals surface area (Å²) in [5, 5.41) is 0. The SMILES string of the molecule is CCC(O[C]=O)C1CCCC1. The highest BCUT2D eigenvalue weighted by Crippen LogP contribution is 2.30. The maximum Gasteiger partial charge on any atom is 0.417 e. The average molecular weight is 155 g/mol. The summed E-state index contributed by atoms with van der Waals surface area (Å²) in [6.45, 7) is 3.60. The van der Waals surface area contributed by atoms with Crippen molar-refractivity contribution in [2.45, 2.75) is 45.1 Å². The van der Waals surface area contributed by atoms with Gasteiger partial charge in [-0.3, -0.25) is 0 Å². The summed E-state index contributed by atoms with van der Waals surface area (Å²) in [4.78, 5) is 9.98. The van der Waals surface area contributed by atoms with E-state index in [1.165, 1.54) is 25.7 Å². The molecule has 1 saturated carbocycles. The fraction of sp³-hybridized carbons (Fsp3) is 0.889. The zero-order valence-corrected chi connectivity index (χ0v) is 7.01. The zero-order chi connectivity index (χ0) is 8.10. The maximum atomic E-state index is 9.98. The molecule has 1 atom stereocenters. The third-order valence-electron chi connectivity index (χ3n) is 2.53. The van der Waals surface area contributed by atoms with Crippen LogP contribution >= 0.6 is 0 Å². The Morgan fingerprint density at radius 1 is 1.55 bits per heavy atom. The lowest BCUT2D eigenvalue weighted by molar-refractivity contribution is 0.113. The predicted octanol–water partition coefficient (Wildman–Crippen LogP) is 2.04. The Morgan fingerprint density at radius 2 is 2.18 bits per heavy atom. The topological polar surface area (TPSA) is 26.3 Å². The second-order valence-electron chi connectivity index (χ2n) is 3.19. The quantitative estimate of drug-likeness (QED) is 0.621. The van der Waals surface area contributed by atoms with Crippen LogP contribution in [0.25, 0.3) is 0 Å². The molecule has 1 aliphatic rings. The van der Waals surface area contributed by atoms with Crippen molar-refractivity contribution >= 4 is 6.47 Å². The lowest BCUT2D eigenvalue weighted by atomic mass is 9.99. The van der Waals surface area contributed by atoms with Gasteiger partial charge in [-0.15, -0.1) is 0 Å². The van der Waals surface area contributed by atoms with Crippen LogP contribution < -0.4 is 0 Å². The van der Waals surface area contributed by atoms with Gasteiger partial charge in [-0.2, -0.15) is 0 Å². The number of hydrogen-bond donors (Lipinski definition) is 0. The van der Waals surface area contributed by atoms with Gasteiger partial charge in [-0.05, 0) is 25.2 Å². The molecule has 1 rings (SSSR count). The maximum absolute atomic E-state index is 9.98. The van der Waals surface area contributed by atoms with Gasteiger partial charge in [-0.25, -0.2) is 4.79 Å². The Kier molecular flexibility index (Phi) is 3.40. The van der Waals surface area contributed by atoms with Crippen LogP contribution in [-0.2, 0) is 9.53 Å². The van der Waals surface area contributed by atoms with Crippen LogP contribution in [0.5, 0.6) is 0 Å². The normalized spacial score (nSPS) is 21.5.